The molecule has 1 aromatic heterocycles. The van der Waals surface area contributed by atoms with Crippen molar-refractivity contribution in [3.63, 3.8) is 0 Å². The molecule has 2 aromatic rings. The molecule has 0 bridgehead atoms. The Hall–Kier alpha value is -2.50. The molecule has 0 saturated heterocycles. The zero-order chi connectivity index (χ0) is 16.1. The molecule has 1 atom stereocenters. The topological polar surface area (TPSA) is 76.4 Å². The average molecular weight is 303 g/mol. The van der Waals surface area contributed by atoms with Crippen LogP contribution in [0.3, 0.4) is 0 Å². The highest BCUT2D eigenvalue weighted by Gasteiger charge is 2.10. The molecule has 6 heteroatoms. The van der Waals surface area contributed by atoms with Crippen LogP contribution in [0, 0.1) is 6.92 Å². The van der Waals surface area contributed by atoms with Crippen LogP contribution in [-0.4, -0.2) is 17.4 Å². The van der Waals surface area contributed by atoms with E-state index in [1.807, 2.05) is 24.3 Å². The normalized spacial score (nSPS) is 12.0. The number of ether oxygens (including phenoxy) is 1. The Balaban J connectivity index is 1.84. The van der Waals surface area contributed by atoms with Crippen LogP contribution in [0.15, 0.2) is 34.9 Å². The fourth-order valence-electron chi connectivity index (χ4n) is 1.93. The predicted octanol–water partition coefficient (Wildman–Crippen LogP) is 3.65. The fourth-order valence-corrected chi connectivity index (χ4v) is 1.93. The molecule has 0 fully saturated rings. The molecule has 2 N–H and O–H groups in total. The number of rotatable bonds is 5. The molecule has 1 heterocycles. The van der Waals surface area contributed by atoms with Crippen molar-refractivity contribution in [2.45, 2.75) is 39.8 Å². The maximum atomic E-state index is 11.8. The van der Waals surface area contributed by atoms with Crippen molar-refractivity contribution in [2.75, 3.05) is 5.32 Å². The zero-order valence-corrected chi connectivity index (χ0v) is 13.2. The molecule has 2 amide bonds. The fraction of sp³-hybridized carbons (Fsp3) is 0.375. The molecule has 2 rings (SSSR count). The highest BCUT2D eigenvalue weighted by atomic mass is 16.5. The molecular weight excluding hydrogens is 282 g/mol. The van der Waals surface area contributed by atoms with Crippen LogP contribution in [0.1, 0.15) is 38.0 Å². The maximum absolute atomic E-state index is 11.8. The van der Waals surface area contributed by atoms with Gasteiger partial charge in [0.1, 0.15) is 11.5 Å². The standard InChI is InChI=1S/C16H21N3O3/c1-10(2)13-5-7-14(8-6-13)21-12(4)17-16(20)18-15-9-11(3)22-19-15/h5-10,12H,1-4H3,(H2,17,18,19,20). The van der Waals surface area contributed by atoms with Crippen LogP contribution in [-0.2, 0) is 0 Å². The molecular formula is C16H21N3O3. The zero-order valence-electron chi connectivity index (χ0n) is 13.2. The number of anilines is 1. The van der Waals surface area contributed by atoms with Crippen LogP contribution < -0.4 is 15.4 Å². The first-order chi connectivity index (χ1) is 10.4. The smallest absolute Gasteiger partial charge is 0.323 e. The number of urea groups is 1. The third kappa shape index (κ3) is 4.51. The van der Waals surface area contributed by atoms with E-state index >= 15 is 0 Å². The largest absolute Gasteiger partial charge is 0.471 e. The van der Waals surface area contributed by atoms with Gasteiger partial charge in [-0.25, -0.2) is 4.79 Å². The number of nitrogens with zero attached hydrogens (tertiary/aromatic N) is 1. The number of amides is 2. The second kappa shape index (κ2) is 6.98. The lowest BCUT2D eigenvalue weighted by Crippen LogP contribution is -2.39. The quantitative estimate of drug-likeness (QED) is 0.827. The molecule has 6 nitrogen and oxygen atoms in total. The Morgan fingerprint density at radius 1 is 1.23 bits per heavy atom. The molecule has 0 radical (unpaired) electrons. The molecule has 0 aliphatic heterocycles. The Labute approximate surface area is 129 Å². The van der Waals surface area contributed by atoms with E-state index in [0.717, 1.165) is 0 Å². The van der Waals surface area contributed by atoms with Gasteiger partial charge < -0.3 is 14.6 Å². The second-order valence-electron chi connectivity index (χ2n) is 5.41. The SMILES string of the molecule is Cc1cc(NC(=O)NC(C)Oc2ccc(C(C)C)cc2)no1. The van der Waals surface area contributed by atoms with Crippen molar-refractivity contribution >= 4 is 11.8 Å². The molecule has 0 aliphatic rings. The lowest BCUT2D eigenvalue weighted by molar-refractivity contribution is 0.183. The molecule has 1 unspecified atom stereocenters. The van der Waals surface area contributed by atoms with Crippen LogP contribution in [0.4, 0.5) is 10.6 Å². The monoisotopic (exact) mass is 303 g/mol. The molecule has 118 valence electrons. The Morgan fingerprint density at radius 3 is 2.45 bits per heavy atom. The summed E-state index contributed by atoms with van der Waals surface area (Å²) in [6, 6.07) is 9.06. The van der Waals surface area contributed by atoms with E-state index in [4.69, 9.17) is 9.26 Å². The summed E-state index contributed by atoms with van der Waals surface area (Å²) >= 11 is 0. The van der Waals surface area contributed by atoms with Gasteiger partial charge in [0.05, 0.1) is 0 Å². The summed E-state index contributed by atoms with van der Waals surface area (Å²) in [5, 5.41) is 8.92. The summed E-state index contributed by atoms with van der Waals surface area (Å²) in [4.78, 5) is 11.8. The molecule has 0 saturated carbocycles. The summed E-state index contributed by atoms with van der Waals surface area (Å²) in [6.07, 6.45) is -0.474. The Kier molecular flexibility index (Phi) is 5.04. The van der Waals surface area contributed by atoms with Crippen molar-refractivity contribution in [1.29, 1.82) is 0 Å². The Morgan fingerprint density at radius 2 is 1.91 bits per heavy atom. The Bertz CT molecular complexity index is 620. The summed E-state index contributed by atoms with van der Waals surface area (Å²) in [7, 11) is 0. The lowest BCUT2D eigenvalue weighted by Gasteiger charge is -2.16. The van der Waals surface area contributed by atoms with Crippen LogP contribution in [0.25, 0.3) is 0 Å². The minimum atomic E-state index is -0.474. The number of nitrogens with one attached hydrogen (secondary N) is 2. The highest BCUT2D eigenvalue weighted by Crippen LogP contribution is 2.19. The number of aromatic nitrogens is 1. The van der Waals surface area contributed by atoms with Gasteiger partial charge in [0.2, 0.25) is 0 Å². The average Bonchev–Trinajstić information content (AvgIpc) is 2.84. The molecule has 22 heavy (non-hydrogen) atoms. The van der Waals surface area contributed by atoms with E-state index in [-0.39, 0.29) is 0 Å². The van der Waals surface area contributed by atoms with Crippen molar-refractivity contribution in [2.24, 2.45) is 0 Å². The van der Waals surface area contributed by atoms with Gasteiger partial charge in [-0.15, -0.1) is 0 Å². The van der Waals surface area contributed by atoms with E-state index in [9.17, 15) is 4.79 Å². The van der Waals surface area contributed by atoms with Gasteiger partial charge >= 0.3 is 6.03 Å². The van der Waals surface area contributed by atoms with Crippen molar-refractivity contribution < 1.29 is 14.1 Å². The minimum Gasteiger partial charge on any atom is -0.471 e. The van der Waals surface area contributed by atoms with Crippen molar-refractivity contribution in [1.82, 2.24) is 10.5 Å². The van der Waals surface area contributed by atoms with E-state index in [0.29, 0.717) is 23.2 Å². The first-order valence-corrected chi connectivity index (χ1v) is 7.21. The predicted molar refractivity (Wildman–Crippen MR) is 84.0 cm³/mol. The van der Waals surface area contributed by atoms with Gasteiger partial charge in [-0.2, -0.15) is 0 Å². The first kappa shape index (κ1) is 15.9. The van der Waals surface area contributed by atoms with Gasteiger partial charge in [-0.05, 0) is 37.5 Å². The van der Waals surface area contributed by atoms with Gasteiger partial charge in [0, 0.05) is 6.07 Å². The van der Waals surface area contributed by atoms with Gasteiger partial charge in [0.25, 0.3) is 0 Å². The summed E-state index contributed by atoms with van der Waals surface area (Å²) < 4.78 is 10.5. The van der Waals surface area contributed by atoms with E-state index in [1.165, 1.54) is 5.56 Å². The number of carbonyl (C=O) groups excluding carboxylic acids is 1. The van der Waals surface area contributed by atoms with Gasteiger partial charge in [-0.1, -0.05) is 31.1 Å². The van der Waals surface area contributed by atoms with Crippen LogP contribution in [0.2, 0.25) is 0 Å². The highest BCUT2D eigenvalue weighted by molar-refractivity contribution is 5.88. The van der Waals surface area contributed by atoms with Crippen molar-refractivity contribution in [3.05, 3.63) is 41.7 Å². The summed E-state index contributed by atoms with van der Waals surface area (Å²) in [6.45, 7) is 7.78. The number of carbonyl (C=O) groups is 1. The first-order valence-electron chi connectivity index (χ1n) is 7.21. The van der Waals surface area contributed by atoms with E-state index in [1.54, 1.807) is 19.9 Å². The van der Waals surface area contributed by atoms with E-state index in [2.05, 4.69) is 29.6 Å². The number of hydrogen-bond donors (Lipinski definition) is 2. The van der Waals surface area contributed by atoms with Gasteiger partial charge in [0.15, 0.2) is 12.0 Å². The minimum absolute atomic E-state index is 0.364. The molecule has 0 aliphatic carbocycles. The van der Waals surface area contributed by atoms with E-state index < -0.39 is 12.3 Å². The second-order valence-corrected chi connectivity index (χ2v) is 5.41. The van der Waals surface area contributed by atoms with Crippen LogP contribution in [0.5, 0.6) is 5.75 Å². The summed E-state index contributed by atoms with van der Waals surface area (Å²) in [5.41, 5.74) is 1.24. The molecule has 1 aromatic carbocycles. The number of aryl methyl sites for hydroxylation is 1. The van der Waals surface area contributed by atoms with Crippen molar-refractivity contribution in [3.8, 4) is 5.75 Å². The number of hydrogen-bond acceptors (Lipinski definition) is 4. The van der Waals surface area contributed by atoms with Gasteiger partial charge in [-0.3, -0.25) is 5.32 Å². The third-order valence-electron chi connectivity index (χ3n) is 3.06. The third-order valence-corrected chi connectivity index (χ3v) is 3.06. The maximum Gasteiger partial charge on any atom is 0.323 e. The van der Waals surface area contributed by atoms with Crippen LogP contribution >= 0.6 is 0 Å². The summed E-state index contributed by atoms with van der Waals surface area (Å²) in [5.74, 6) is 2.17. The lowest BCUT2D eigenvalue weighted by atomic mass is 10.0. The number of benzene rings is 1. The molecule has 0 spiro atoms.